The van der Waals surface area contributed by atoms with E-state index in [0.29, 0.717) is 28.3 Å². The summed E-state index contributed by atoms with van der Waals surface area (Å²) in [6.07, 6.45) is 0.628. The van der Waals surface area contributed by atoms with Crippen LogP contribution in [0.2, 0.25) is 0 Å². The van der Waals surface area contributed by atoms with Gasteiger partial charge in [0, 0.05) is 16.9 Å². The van der Waals surface area contributed by atoms with Crippen molar-refractivity contribution in [3.8, 4) is 29.1 Å². The van der Waals surface area contributed by atoms with Gasteiger partial charge in [0.2, 0.25) is 6.79 Å². The lowest BCUT2D eigenvalue weighted by molar-refractivity contribution is 0.102. The predicted octanol–water partition coefficient (Wildman–Crippen LogP) is 6.29. The van der Waals surface area contributed by atoms with Gasteiger partial charge in [-0.2, -0.15) is 5.26 Å². The van der Waals surface area contributed by atoms with Gasteiger partial charge in [0.1, 0.15) is 22.6 Å². The van der Waals surface area contributed by atoms with Crippen molar-refractivity contribution >= 4 is 22.2 Å². The fourth-order valence-electron chi connectivity index (χ4n) is 3.66. The molecule has 6 nitrogen and oxygen atoms in total. The topological polar surface area (TPSA) is 80.6 Å². The van der Waals surface area contributed by atoms with Gasteiger partial charge < -0.3 is 19.5 Å². The van der Waals surface area contributed by atoms with E-state index in [1.165, 1.54) is 11.3 Å². The van der Waals surface area contributed by atoms with Crippen LogP contribution in [0.15, 0.2) is 72.8 Å². The predicted molar refractivity (Wildman–Crippen MR) is 130 cm³/mol. The molecule has 1 aliphatic rings. The SMILES string of the molecule is Cc1c(Cc2ccc3c(c2)OCO3)sc(NC(=O)c2ccc(Oc3ccccc3)cc2)c1C#N. The third kappa shape index (κ3) is 4.45. The van der Waals surface area contributed by atoms with Crippen molar-refractivity contribution in [1.82, 2.24) is 0 Å². The molecule has 0 saturated carbocycles. The molecule has 3 aromatic carbocycles. The average molecular weight is 469 g/mol. The van der Waals surface area contributed by atoms with Gasteiger partial charge in [0.15, 0.2) is 11.5 Å². The Labute approximate surface area is 201 Å². The molecular weight excluding hydrogens is 448 g/mol. The summed E-state index contributed by atoms with van der Waals surface area (Å²) >= 11 is 1.42. The van der Waals surface area contributed by atoms with E-state index in [4.69, 9.17) is 14.2 Å². The van der Waals surface area contributed by atoms with Crippen LogP contribution < -0.4 is 19.5 Å². The molecule has 0 unspecified atom stereocenters. The monoisotopic (exact) mass is 468 g/mol. The first-order chi connectivity index (χ1) is 16.6. The highest BCUT2D eigenvalue weighted by Gasteiger charge is 2.19. The number of amides is 1. The zero-order chi connectivity index (χ0) is 23.5. The van der Waals surface area contributed by atoms with Gasteiger partial charge in [-0.25, -0.2) is 0 Å². The van der Waals surface area contributed by atoms with Crippen LogP contribution >= 0.6 is 11.3 Å². The van der Waals surface area contributed by atoms with Crippen molar-refractivity contribution < 1.29 is 19.0 Å². The smallest absolute Gasteiger partial charge is 0.256 e. The maximum atomic E-state index is 12.9. The first-order valence-electron chi connectivity index (χ1n) is 10.7. The minimum absolute atomic E-state index is 0.227. The number of para-hydroxylation sites is 1. The van der Waals surface area contributed by atoms with Crippen LogP contribution in [-0.2, 0) is 6.42 Å². The second-order valence-electron chi connectivity index (χ2n) is 7.72. The highest BCUT2D eigenvalue weighted by atomic mass is 32.1. The Bertz CT molecular complexity index is 1390. The molecule has 7 heteroatoms. The molecule has 0 bridgehead atoms. The molecule has 1 aromatic heterocycles. The Morgan fingerprint density at radius 1 is 1.03 bits per heavy atom. The van der Waals surface area contributed by atoms with E-state index in [9.17, 15) is 10.1 Å². The summed E-state index contributed by atoms with van der Waals surface area (Å²) in [5.41, 5.74) is 2.88. The quantitative estimate of drug-likeness (QED) is 0.360. The number of fused-ring (bicyclic) bond motifs is 1. The molecule has 1 amide bonds. The first-order valence-corrected chi connectivity index (χ1v) is 11.5. The van der Waals surface area contributed by atoms with E-state index in [1.54, 1.807) is 24.3 Å². The maximum absolute atomic E-state index is 12.9. The van der Waals surface area contributed by atoms with Gasteiger partial charge in [-0.1, -0.05) is 24.3 Å². The number of thiophene rings is 1. The van der Waals surface area contributed by atoms with Crippen molar-refractivity contribution in [3.63, 3.8) is 0 Å². The van der Waals surface area contributed by atoms with Crippen LogP contribution in [0, 0.1) is 18.3 Å². The van der Waals surface area contributed by atoms with Gasteiger partial charge in [0.05, 0.1) is 5.56 Å². The minimum Gasteiger partial charge on any atom is -0.457 e. The van der Waals surface area contributed by atoms with Crippen molar-refractivity contribution in [2.45, 2.75) is 13.3 Å². The van der Waals surface area contributed by atoms with Crippen molar-refractivity contribution in [1.29, 1.82) is 5.26 Å². The fraction of sp³-hybridized carbons (Fsp3) is 0.111. The Balaban J connectivity index is 1.31. The third-order valence-electron chi connectivity index (χ3n) is 5.48. The molecule has 4 aromatic rings. The Hall–Kier alpha value is -4.28. The lowest BCUT2D eigenvalue weighted by Crippen LogP contribution is -2.11. The van der Waals surface area contributed by atoms with Crippen molar-refractivity contribution in [2.24, 2.45) is 0 Å². The van der Waals surface area contributed by atoms with E-state index in [1.807, 2.05) is 55.5 Å². The summed E-state index contributed by atoms with van der Waals surface area (Å²) in [5.74, 6) is 2.54. The molecule has 34 heavy (non-hydrogen) atoms. The number of ether oxygens (including phenoxy) is 3. The highest BCUT2D eigenvalue weighted by molar-refractivity contribution is 7.16. The molecule has 1 N–H and O–H groups in total. The summed E-state index contributed by atoms with van der Waals surface area (Å²) < 4.78 is 16.6. The van der Waals surface area contributed by atoms with E-state index >= 15 is 0 Å². The summed E-state index contributed by atoms with van der Waals surface area (Å²) in [6, 6.07) is 24.4. The number of nitriles is 1. The molecule has 168 valence electrons. The number of nitrogens with one attached hydrogen (secondary N) is 1. The van der Waals surface area contributed by atoms with Crippen LogP contribution in [0.3, 0.4) is 0 Å². The number of rotatable bonds is 6. The first kappa shape index (κ1) is 21.6. The van der Waals surface area contributed by atoms with E-state index in [0.717, 1.165) is 33.3 Å². The van der Waals surface area contributed by atoms with E-state index < -0.39 is 0 Å². The summed E-state index contributed by atoms with van der Waals surface area (Å²) in [6.45, 7) is 2.13. The van der Waals surface area contributed by atoms with Crippen LogP contribution in [0.5, 0.6) is 23.0 Å². The number of nitrogens with zero attached hydrogens (tertiary/aromatic N) is 1. The minimum atomic E-state index is -0.279. The van der Waals surface area contributed by atoms with Crippen LogP contribution in [0.4, 0.5) is 5.00 Å². The normalized spacial score (nSPS) is 11.6. The zero-order valence-corrected chi connectivity index (χ0v) is 19.1. The van der Waals surface area contributed by atoms with Gasteiger partial charge in [-0.15, -0.1) is 11.3 Å². The van der Waals surface area contributed by atoms with Gasteiger partial charge in [-0.3, -0.25) is 4.79 Å². The van der Waals surface area contributed by atoms with Crippen LogP contribution in [-0.4, -0.2) is 12.7 Å². The summed E-state index contributed by atoms with van der Waals surface area (Å²) in [5, 5.41) is 13.2. The Morgan fingerprint density at radius 2 is 1.76 bits per heavy atom. The standard InChI is InChI=1S/C27H20N2O4S/c1-17-22(15-28)27(34-25(17)14-18-7-12-23-24(13-18)32-16-31-23)29-26(30)19-8-10-21(11-9-19)33-20-5-3-2-4-6-20/h2-13H,14,16H2,1H3,(H,29,30). The largest absolute Gasteiger partial charge is 0.457 e. The Kier molecular flexibility index (Phi) is 5.90. The molecule has 1 aliphatic heterocycles. The molecule has 0 radical (unpaired) electrons. The number of anilines is 1. The van der Waals surface area contributed by atoms with E-state index in [2.05, 4.69) is 11.4 Å². The molecule has 0 aliphatic carbocycles. The molecule has 0 atom stereocenters. The summed E-state index contributed by atoms with van der Waals surface area (Å²) in [7, 11) is 0. The maximum Gasteiger partial charge on any atom is 0.256 e. The van der Waals surface area contributed by atoms with E-state index in [-0.39, 0.29) is 12.7 Å². The van der Waals surface area contributed by atoms with Crippen molar-refractivity contribution in [2.75, 3.05) is 12.1 Å². The van der Waals surface area contributed by atoms with Gasteiger partial charge in [0.25, 0.3) is 5.91 Å². The fourth-order valence-corrected chi connectivity index (χ4v) is 4.85. The lowest BCUT2D eigenvalue weighted by Gasteiger charge is -2.07. The molecule has 0 fully saturated rings. The third-order valence-corrected chi connectivity index (χ3v) is 6.69. The second kappa shape index (κ2) is 9.30. The van der Waals surface area contributed by atoms with Crippen LogP contribution in [0.1, 0.15) is 31.9 Å². The Morgan fingerprint density at radius 3 is 2.53 bits per heavy atom. The molecule has 5 rings (SSSR count). The van der Waals surface area contributed by atoms with Crippen LogP contribution in [0.25, 0.3) is 0 Å². The number of benzene rings is 3. The second-order valence-corrected chi connectivity index (χ2v) is 8.83. The molecule has 0 saturated heterocycles. The zero-order valence-electron chi connectivity index (χ0n) is 18.3. The van der Waals surface area contributed by atoms with Crippen molar-refractivity contribution in [3.05, 3.63) is 99.9 Å². The number of carbonyl (C=O) groups excluding carboxylic acids is 1. The number of carbonyl (C=O) groups is 1. The molecule has 2 heterocycles. The number of hydrogen-bond donors (Lipinski definition) is 1. The average Bonchev–Trinajstić information content (AvgIpc) is 3.44. The molecular formula is C27H20N2O4S. The van der Waals surface area contributed by atoms with Gasteiger partial charge >= 0.3 is 0 Å². The summed E-state index contributed by atoms with van der Waals surface area (Å²) in [4.78, 5) is 13.9. The lowest BCUT2D eigenvalue weighted by atomic mass is 10.1. The molecule has 0 spiro atoms. The van der Waals surface area contributed by atoms with Gasteiger partial charge in [-0.05, 0) is 66.6 Å². The number of hydrogen-bond acceptors (Lipinski definition) is 6. The highest BCUT2D eigenvalue weighted by Crippen LogP contribution is 2.37.